The molecule has 0 saturated carbocycles. The number of hydrogen-bond acceptors (Lipinski definition) is 3. The number of para-hydroxylation sites is 1. The molecule has 0 saturated heterocycles. The molecular formula is C17H15NOS. The minimum atomic E-state index is 0.680. The standard InChI is InChI=1S/C17H15NOS/c1-2-7-16(8-3-1)20-11-10-19-15-12-14-6-4-5-9-17(14)18-13-15/h1-9,12-13H,10-11H2. The molecule has 0 aliphatic heterocycles. The molecule has 3 heteroatoms. The van der Waals surface area contributed by atoms with Crippen LogP contribution in [0.4, 0.5) is 0 Å². The molecule has 20 heavy (non-hydrogen) atoms. The zero-order valence-corrected chi connectivity index (χ0v) is 11.8. The van der Waals surface area contributed by atoms with Crippen LogP contribution in [0.3, 0.4) is 0 Å². The van der Waals surface area contributed by atoms with Crippen LogP contribution in [0.25, 0.3) is 10.9 Å². The number of nitrogens with zero attached hydrogens (tertiary/aromatic N) is 1. The molecule has 0 aliphatic rings. The van der Waals surface area contributed by atoms with Gasteiger partial charge in [0, 0.05) is 16.0 Å². The number of benzene rings is 2. The molecule has 0 spiro atoms. The second-order valence-corrected chi connectivity index (χ2v) is 5.54. The van der Waals surface area contributed by atoms with Crippen LogP contribution in [-0.2, 0) is 0 Å². The van der Waals surface area contributed by atoms with Gasteiger partial charge >= 0.3 is 0 Å². The first-order chi connectivity index (χ1) is 9.92. The molecule has 3 aromatic rings. The van der Waals surface area contributed by atoms with Crippen molar-refractivity contribution in [3.8, 4) is 5.75 Å². The highest BCUT2D eigenvalue weighted by Gasteiger charge is 1.99. The lowest BCUT2D eigenvalue weighted by Crippen LogP contribution is -2.00. The molecule has 0 fully saturated rings. The lowest BCUT2D eigenvalue weighted by Gasteiger charge is -2.06. The minimum absolute atomic E-state index is 0.680. The van der Waals surface area contributed by atoms with Gasteiger partial charge in [-0.1, -0.05) is 36.4 Å². The molecule has 0 unspecified atom stereocenters. The van der Waals surface area contributed by atoms with E-state index in [0.717, 1.165) is 22.4 Å². The van der Waals surface area contributed by atoms with E-state index in [-0.39, 0.29) is 0 Å². The average Bonchev–Trinajstić information content (AvgIpc) is 2.52. The monoisotopic (exact) mass is 281 g/mol. The predicted molar refractivity (Wildman–Crippen MR) is 84.4 cm³/mol. The van der Waals surface area contributed by atoms with E-state index >= 15 is 0 Å². The molecule has 3 rings (SSSR count). The van der Waals surface area contributed by atoms with E-state index in [2.05, 4.69) is 29.2 Å². The normalized spacial score (nSPS) is 10.6. The van der Waals surface area contributed by atoms with Crippen LogP contribution >= 0.6 is 11.8 Å². The fraction of sp³-hybridized carbons (Fsp3) is 0.118. The number of fused-ring (bicyclic) bond motifs is 1. The third kappa shape index (κ3) is 3.31. The van der Waals surface area contributed by atoms with Gasteiger partial charge in [-0.2, -0.15) is 0 Å². The Hall–Kier alpha value is -2.00. The maximum atomic E-state index is 5.75. The van der Waals surface area contributed by atoms with Crippen LogP contribution in [0.2, 0.25) is 0 Å². The summed E-state index contributed by atoms with van der Waals surface area (Å²) in [4.78, 5) is 5.66. The van der Waals surface area contributed by atoms with E-state index in [4.69, 9.17) is 4.74 Å². The summed E-state index contributed by atoms with van der Waals surface area (Å²) in [6, 6.07) is 20.5. The van der Waals surface area contributed by atoms with Crippen molar-refractivity contribution >= 4 is 22.7 Å². The Labute approximate surface area is 122 Å². The van der Waals surface area contributed by atoms with Gasteiger partial charge in [0.05, 0.1) is 18.3 Å². The fourth-order valence-corrected chi connectivity index (χ4v) is 2.72. The van der Waals surface area contributed by atoms with Crippen LogP contribution in [0.5, 0.6) is 5.75 Å². The molecule has 0 aliphatic carbocycles. The highest BCUT2D eigenvalue weighted by Crippen LogP contribution is 2.19. The van der Waals surface area contributed by atoms with Crippen molar-refractivity contribution in [2.75, 3.05) is 12.4 Å². The highest BCUT2D eigenvalue weighted by atomic mass is 32.2. The van der Waals surface area contributed by atoms with E-state index in [1.54, 1.807) is 18.0 Å². The number of ether oxygens (including phenoxy) is 1. The number of thioether (sulfide) groups is 1. The molecule has 0 atom stereocenters. The lowest BCUT2D eigenvalue weighted by molar-refractivity contribution is 0.343. The second kappa shape index (κ2) is 6.44. The molecule has 0 radical (unpaired) electrons. The number of aromatic nitrogens is 1. The zero-order valence-electron chi connectivity index (χ0n) is 11.0. The van der Waals surface area contributed by atoms with Gasteiger partial charge in [-0.05, 0) is 24.3 Å². The highest BCUT2D eigenvalue weighted by molar-refractivity contribution is 7.99. The van der Waals surface area contributed by atoms with Gasteiger partial charge < -0.3 is 4.74 Å². The van der Waals surface area contributed by atoms with Gasteiger partial charge in [0.15, 0.2) is 0 Å². The van der Waals surface area contributed by atoms with E-state index in [0.29, 0.717) is 6.61 Å². The van der Waals surface area contributed by atoms with Crippen LogP contribution in [0.15, 0.2) is 71.8 Å². The summed E-state index contributed by atoms with van der Waals surface area (Å²) >= 11 is 1.80. The Morgan fingerprint density at radius 1 is 0.950 bits per heavy atom. The third-order valence-corrected chi connectivity index (χ3v) is 3.91. The van der Waals surface area contributed by atoms with E-state index < -0.39 is 0 Å². The Kier molecular flexibility index (Phi) is 4.19. The molecule has 0 bridgehead atoms. The van der Waals surface area contributed by atoms with Gasteiger partial charge in [-0.25, -0.2) is 0 Å². The maximum Gasteiger partial charge on any atom is 0.138 e. The lowest BCUT2D eigenvalue weighted by atomic mass is 10.2. The molecule has 2 aromatic carbocycles. The maximum absolute atomic E-state index is 5.75. The molecule has 1 aromatic heterocycles. The van der Waals surface area contributed by atoms with Gasteiger partial charge in [-0.3, -0.25) is 4.98 Å². The van der Waals surface area contributed by atoms with Crippen molar-refractivity contribution in [1.29, 1.82) is 0 Å². The quantitative estimate of drug-likeness (QED) is 0.511. The number of rotatable bonds is 5. The van der Waals surface area contributed by atoms with Crippen molar-refractivity contribution in [3.63, 3.8) is 0 Å². The van der Waals surface area contributed by atoms with Gasteiger partial charge in [0.25, 0.3) is 0 Å². The minimum Gasteiger partial charge on any atom is -0.491 e. The summed E-state index contributed by atoms with van der Waals surface area (Å²) in [5.74, 6) is 1.76. The Bertz CT molecular complexity index is 685. The first-order valence-corrected chi connectivity index (χ1v) is 7.56. The molecule has 0 N–H and O–H groups in total. The average molecular weight is 281 g/mol. The van der Waals surface area contributed by atoms with Gasteiger partial charge in [0.2, 0.25) is 0 Å². The largest absolute Gasteiger partial charge is 0.491 e. The van der Waals surface area contributed by atoms with Crippen LogP contribution in [0.1, 0.15) is 0 Å². The molecule has 100 valence electrons. The van der Waals surface area contributed by atoms with Gasteiger partial charge in [-0.15, -0.1) is 11.8 Å². The van der Waals surface area contributed by atoms with Crippen molar-refractivity contribution < 1.29 is 4.74 Å². The van der Waals surface area contributed by atoms with E-state index in [9.17, 15) is 0 Å². The van der Waals surface area contributed by atoms with Gasteiger partial charge in [0.1, 0.15) is 5.75 Å². The SMILES string of the molecule is c1ccc(SCCOc2cnc3ccccc3c2)cc1. The third-order valence-electron chi connectivity index (χ3n) is 2.93. The Balaban J connectivity index is 1.55. The molecule has 0 amide bonds. The predicted octanol–water partition coefficient (Wildman–Crippen LogP) is 4.41. The zero-order chi connectivity index (χ0) is 13.6. The van der Waals surface area contributed by atoms with E-state index in [1.807, 2.05) is 36.4 Å². The number of pyridine rings is 1. The molecular weight excluding hydrogens is 266 g/mol. The first kappa shape index (κ1) is 13.0. The fourth-order valence-electron chi connectivity index (χ4n) is 1.97. The van der Waals surface area contributed by atoms with Crippen molar-refractivity contribution in [2.45, 2.75) is 4.90 Å². The summed E-state index contributed by atoms with van der Waals surface area (Å²) in [5.41, 5.74) is 0.999. The van der Waals surface area contributed by atoms with Crippen LogP contribution in [0, 0.1) is 0 Å². The Morgan fingerprint density at radius 3 is 2.65 bits per heavy atom. The van der Waals surface area contributed by atoms with E-state index in [1.165, 1.54) is 4.90 Å². The summed E-state index contributed by atoms with van der Waals surface area (Å²) < 4.78 is 5.75. The van der Waals surface area contributed by atoms with Crippen molar-refractivity contribution in [2.24, 2.45) is 0 Å². The summed E-state index contributed by atoms with van der Waals surface area (Å²) in [6.45, 7) is 0.680. The topological polar surface area (TPSA) is 22.1 Å². The summed E-state index contributed by atoms with van der Waals surface area (Å²) in [7, 11) is 0. The Morgan fingerprint density at radius 2 is 1.75 bits per heavy atom. The summed E-state index contributed by atoms with van der Waals surface area (Å²) in [6.07, 6.45) is 1.79. The second-order valence-electron chi connectivity index (χ2n) is 4.37. The smallest absolute Gasteiger partial charge is 0.138 e. The first-order valence-electron chi connectivity index (χ1n) is 6.57. The molecule has 1 heterocycles. The molecule has 2 nitrogen and oxygen atoms in total. The van der Waals surface area contributed by atoms with Crippen LogP contribution in [-0.4, -0.2) is 17.3 Å². The van der Waals surface area contributed by atoms with Crippen molar-refractivity contribution in [3.05, 3.63) is 66.9 Å². The van der Waals surface area contributed by atoms with Crippen LogP contribution < -0.4 is 4.74 Å². The van der Waals surface area contributed by atoms with Crippen molar-refractivity contribution in [1.82, 2.24) is 4.98 Å². The summed E-state index contributed by atoms with van der Waals surface area (Å²) in [5, 5.41) is 1.11. The number of hydrogen-bond donors (Lipinski definition) is 0.